The van der Waals surface area contributed by atoms with Crippen LogP contribution in [0.25, 0.3) is 0 Å². The van der Waals surface area contributed by atoms with Crippen molar-refractivity contribution >= 4 is 40.9 Å². The molecule has 2 rings (SSSR count). The van der Waals surface area contributed by atoms with Crippen LogP contribution < -0.4 is 10.6 Å². The van der Waals surface area contributed by atoms with Gasteiger partial charge in [-0.1, -0.05) is 29.3 Å². The Morgan fingerprint density at radius 3 is 2.83 bits per heavy atom. The maximum absolute atomic E-state index is 10.4. The van der Waals surface area contributed by atoms with Crippen LogP contribution in [-0.2, 0) is 0 Å². The van der Waals surface area contributed by atoms with Crippen LogP contribution in [0.15, 0.2) is 23.2 Å². The number of aliphatic imine (C=N–C) groups is 1. The molecular weight excluding hydrogens is 353 g/mol. The van der Waals surface area contributed by atoms with Gasteiger partial charge in [-0.25, -0.2) is 0 Å². The first-order valence-corrected chi connectivity index (χ1v) is 9.64. The van der Waals surface area contributed by atoms with Gasteiger partial charge in [-0.2, -0.15) is 11.8 Å². The molecule has 3 N–H and O–H groups in total. The third-order valence-corrected chi connectivity index (χ3v) is 5.73. The average Bonchev–Trinajstić information content (AvgIpc) is 2.95. The second-order valence-electron chi connectivity index (χ2n) is 5.76. The lowest BCUT2D eigenvalue weighted by Crippen LogP contribution is -2.41. The first-order valence-electron chi connectivity index (χ1n) is 7.73. The van der Waals surface area contributed by atoms with Gasteiger partial charge >= 0.3 is 0 Å². The Morgan fingerprint density at radius 1 is 1.43 bits per heavy atom. The summed E-state index contributed by atoms with van der Waals surface area (Å²) in [5, 5.41) is 18.0. The molecule has 2 atom stereocenters. The number of thioether (sulfide) groups is 1. The van der Waals surface area contributed by atoms with Gasteiger partial charge in [-0.05, 0) is 43.7 Å². The number of nitrogens with zero attached hydrogens (tertiary/aromatic N) is 1. The monoisotopic (exact) mass is 375 g/mol. The smallest absolute Gasteiger partial charge is 0.191 e. The van der Waals surface area contributed by atoms with Crippen molar-refractivity contribution in [3.63, 3.8) is 0 Å². The molecule has 1 heterocycles. The molecule has 0 bridgehead atoms. The molecule has 1 saturated heterocycles. The van der Waals surface area contributed by atoms with E-state index in [-0.39, 0.29) is 6.04 Å². The van der Waals surface area contributed by atoms with Gasteiger partial charge in [0.25, 0.3) is 0 Å². The lowest BCUT2D eigenvalue weighted by molar-refractivity contribution is 0.0778. The van der Waals surface area contributed by atoms with Gasteiger partial charge in [-0.15, -0.1) is 0 Å². The van der Waals surface area contributed by atoms with Gasteiger partial charge in [0.15, 0.2) is 5.96 Å². The van der Waals surface area contributed by atoms with Crippen LogP contribution in [0.4, 0.5) is 0 Å². The van der Waals surface area contributed by atoms with E-state index >= 15 is 0 Å². The topological polar surface area (TPSA) is 56.7 Å². The number of benzene rings is 1. The molecule has 4 nitrogen and oxygen atoms in total. The van der Waals surface area contributed by atoms with Crippen molar-refractivity contribution in [2.24, 2.45) is 4.99 Å². The minimum absolute atomic E-state index is 0.0233. The fraction of sp³-hybridized carbons (Fsp3) is 0.562. The van der Waals surface area contributed by atoms with Crippen LogP contribution in [0, 0.1) is 0 Å². The van der Waals surface area contributed by atoms with Gasteiger partial charge in [-0.3, -0.25) is 4.99 Å². The van der Waals surface area contributed by atoms with E-state index in [2.05, 4.69) is 15.6 Å². The number of aliphatic hydroxyl groups is 1. The van der Waals surface area contributed by atoms with E-state index in [4.69, 9.17) is 23.2 Å². The zero-order valence-corrected chi connectivity index (χ0v) is 15.7. The van der Waals surface area contributed by atoms with E-state index in [1.165, 1.54) is 0 Å². The summed E-state index contributed by atoms with van der Waals surface area (Å²) in [6, 6.07) is 5.61. The van der Waals surface area contributed by atoms with Gasteiger partial charge in [0.05, 0.1) is 28.2 Å². The minimum Gasteiger partial charge on any atom is -0.387 e. The van der Waals surface area contributed by atoms with Crippen molar-refractivity contribution in [1.82, 2.24) is 10.6 Å². The highest BCUT2D eigenvalue weighted by atomic mass is 35.5. The molecule has 1 fully saturated rings. The molecule has 0 aromatic heterocycles. The van der Waals surface area contributed by atoms with Crippen LogP contribution >= 0.6 is 35.0 Å². The quantitative estimate of drug-likeness (QED) is 0.544. The zero-order valence-electron chi connectivity index (χ0n) is 13.4. The first kappa shape index (κ1) is 18.7. The van der Waals surface area contributed by atoms with Crippen LogP contribution in [0.1, 0.15) is 31.9 Å². The van der Waals surface area contributed by atoms with E-state index < -0.39 is 5.60 Å². The summed E-state index contributed by atoms with van der Waals surface area (Å²) < 4.78 is 0. The van der Waals surface area contributed by atoms with Crippen molar-refractivity contribution in [2.75, 3.05) is 24.6 Å². The normalized spacial score (nSPS) is 22.9. The van der Waals surface area contributed by atoms with Crippen molar-refractivity contribution in [3.05, 3.63) is 33.8 Å². The Bertz CT molecular complexity index is 562. The van der Waals surface area contributed by atoms with Crippen LogP contribution in [0.3, 0.4) is 0 Å². The number of guanidine groups is 1. The molecule has 7 heteroatoms. The maximum atomic E-state index is 10.4. The zero-order chi connectivity index (χ0) is 16.9. The fourth-order valence-corrected chi connectivity index (χ4v) is 3.93. The molecule has 2 unspecified atom stereocenters. The molecule has 1 aromatic rings. The van der Waals surface area contributed by atoms with E-state index in [9.17, 15) is 5.11 Å². The molecule has 0 radical (unpaired) electrons. The van der Waals surface area contributed by atoms with E-state index in [1.807, 2.05) is 26.0 Å². The highest BCUT2D eigenvalue weighted by molar-refractivity contribution is 7.99. The molecule has 1 aromatic carbocycles. The number of rotatable bonds is 5. The molecular formula is C16H23Cl2N3OS. The number of halogens is 2. The lowest BCUT2D eigenvalue weighted by Gasteiger charge is -2.22. The van der Waals surface area contributed by atoms with Gasteiger partial charge < -0.3 is 15.7 Å². The second-order valence-corrected chi connectivity index (χ2v) is 7.68. The summed E-state index contributed by atoms with van der Waals surface area (Å²) in [7, 11) is 0. The SMILES string of the molecule is CCNC(=NCC1(O)CCSC1)NC(C)c1ccc(Cl)c(Cl)c1. The molecule has 0 saturated carbocycles. The Labute approximate surface area is 152 Å². The summed E-state index contributed by atoms with van der Waals surface area (Å²) in [6.45, 7) is 5.21. The van der Waals surface area contributed by atoms with Crippen molar-refractivity contribution in [3.8, 4) is 0 Å². The summed E-state index contributed by atoms with van der Waals surface area (Å²) in [4.78, 5) is 4.54. The van der Waals surface area contributed by atoms with E-state index in [0.29, 0.717) is 22.5 Å². The highest BCUT2D eigenvalue weighted by Gasteiger charge is 2.31. The average molecular weight is 376 g/mol. The molecule has 1 aliphatic heterocycles. The molecule has 0 spiro atoms. The first-order chi connectivity index (χ1) is 10.9. The summed E-state index contributed by atoms with van der Waals surface area (Å²) >= 11 is 13.8. The van der Waals surface area contributed by atoms with Gasteiger partial charge in [0.2, 0.25) is 0 Å². The van der Waals surface area contributed by atoms with Gasteiger partial charge in [0.1, 0.15) is 0 Å². The van der Waals surface area contributed by atoms with E-state index in [1.54, 1.807) is 17.8 Å². The highest BCUT2D eigenvalue weighted by Crippen LogP contribution is 2.28. The predicted octanol–water partition coefficient (Wildman–Crippen LogP) is 3.48. The van der Waals surface area contributed by atoms with Crippen molar-refractivity contribution in [2.45, 2.75) is 31.9 Å². The summed E-state index contributed by atoms with van der Waals surface area (Å²) in [5.74, 6) is 2.44. The standard InChI is InChI=1S/C16H23Cl2N3OS/c1-3-19-15(20-9-16(22)6-7-23-10-16)21-11(2)12-4-5-13(17)14(18)8-12/h4-5,8,11,22H,3,6-7,9-10H2,1-2H3,(H2,19,20,21). The fourth-order valence-electron chi connectivity index (χ4n) is 2.34. The second kappa shape index (κ2) is 8.47. The maximum Gasteiger partial charge on any atom is 0.191 e. The van der Waals surface area contributed by atoms with Gasteiger partial charge in [0, 0.05) is 12.3 Å². The van der Waals surface area contributed by atoms with E-state index in [0.717, 1.165) is 30.0 Å². The van der Waals surface area contributed by atoms with Crippen molar-refractivity contribution < 1.29 is 5.11 Å². The molecule has 0 amide bonds. The summed E-state index contributed by atoms with van der Waals surface area (Å²) in [5.41, 5.74) is 0.347. The predicted molar refractivity (Wildman–Crippen MR) is 101 cm³/mol. The molecule has 23 heavy (non-hydrogen) atoms. The summed E-state index contributed by atoms with van der Waals surface area (Å²) in [6.07, 6.45) is 0.795. The Balaban J connectivity index is 2.03. The molecule has 128 valence electrons. The molecule has 1 aliphatic rings. The van der Waals surface area contributed by atoms with Crippen LogP contribution in [0.2, 0.25) is 10.0 Å². The largest absolute Gasteiger partial charge is 0.387 e. The Morgan fingerprint density at radius 2 is 2.22 bits per heavy atom. The number of hydrogen-bond donors (Lipinski definition) is 3. The minimum atomic E-state index is -0.681. The lowest BCUT2D eigenvalue weighted by atomic mass is 10.0. The van der Waals surface area contributed by atoms with Crippen LogP contribution in [-0.4, -0.2) is 41.3 Å². The van der Waals surface area contributed by atoms with Crippen LogP contribution in [0.5, 0.6) is 0 Å². The third kappa shape index (κ3) is 5.45. The Hall–Kier alpha value is -0.620. The van der Waals surface area contributed by atoms with Crippen molar-refractivity contribution in [1.29, 1.82) is 0 Å². The Kier molecular flexibility index (Phi) is 6.89. The molecule has 0 aliphatic carbocycles. The number of nitrogens with one attached hydrogen (secondary N) is 2. The third-order valence-electron chi connectivity index (χ3n) is 3.76. The number of hydrogen-bond acceptors (Lipinski definition) is 3.